The number of carbonyl (C=O) groups excluding carboxylic acids is 1. The zero-order valence-corrected chi connectivity index (χ0v) is 11.8. The highest BCUT2D eigenvalue weighted by Crippen LogP contribution is 2.37. The van der Waals surface area contributed by atoms with Gasteiger partial charge in [0, 0.05) is 17.2 Å². The predicted octanol–water partition coefficient (Wildman–Crippen LogP) is 1.20. The highest BCUT2D eigenvalue weighted by molar-refractivity contribution is 7.99. The van der Waals surface area contributed by atoms with E-state index in [0.717, 1.165) is 17.7 Å². The Hall–Kier alpha value is -1.11. The number of nitrogens with one attached hydrogen (secondary N) is 2. The molecule has 0 unspecified atom stereocenters. The van der Waals surface area contributed by atoms with Gasteiger partial charge < -0.3 is 15.7 Å². The molecule has 1 aromatic rings. The van der Waals surface area contributed by atoms with Gasteiger partial charge in [-0.15, -0.1) is 11.8 Å². The molecule has 1 amide bonds. The number of hydrogen-bond acceptors (Lipinski definition) is 4. The summed E-state index contributed by atoms with van der Waals surface area (Å²) in [5, 5.41) is 15.4. The molecule has 2 aliphatic rings. The molecule has 1 fully saturated rings. The second kappa shape index (κ2) is 5.71. The van der Waals surface area contributed by atoms with Gasteiger partial charge in [0.15, 0.2) is 0 Å². The van der Waals surface area contributed by atoms with Crippen LogP contribution < -0.4 is 10.6 Å². The largest absolute Gasteiger partial charge is 0.392 e. The third kappa shape index (κ3) is 2.68. The summed E-state index contributed by atoms with van der Waals surface area (Å²) in [6.45, 7) is 0.448. The van der Waals surface area contributed by atoms with Crippen molar-refractivity contribution < 1.29 is 14.3 Å². The van der Waals surface area contributed by atoms with E-state index >= 15 is 0 Å². The molecule has 3 atom stereocenters. The van der Waals surface area contributed by atoms with Crippen LogP contribution in [0, 0.1) is 5.82 Å². The Labute approximate surface area is 121 Å². The van der Waals surface area contributed by atoms with Crippen LogP contribution in [0.15, 0.2) is 23.1 Å². The maximum atomic E-state index is 13.8. The van der Waals surface area contributed by atoms with Gasteiger partial charge in [0.25, 0.3) is 0 Å². The first-order valence-corrected chi connectivity index (χ1v) is 7.76. The fraction of sp³-hybridized carbons (Fsp3) is 0.500. The summed E-state index contributed by atoms with van der Waals surface area (Å²) in [6.07, 6.45) is 0.767. The van der Waals surface area contributed by atoms with Crippen molar-refractivity contribution in [2.45, 2.75) is 35.9 Å². The van der Waals surface area contributed by atoms with Crippen LogP contribution in [0.3, 0.4) is 0 Å². The van der Waals surface area contributed by atoms with Crippen LogP contribution in [0.2, 0.25) is 0 Å². The van der Waals surface area contributed by atoms with Gasteiger partial charge in [-0.2, -0.15) is 0 Å². The van der Waals surface area contributed by atoms with Gasteiger partial charge in [-0.3, -0.25) is 4.79 Å². The lowest BCUT2D eigenvalue weighted by atomic mass is 10.0. The highest BCUT2D eigenvalue weighted by atomic mass is 32.2. The topological polar surface area (TPSA) is 61.4 Å². The van der Waals surface area contributed by atoms with Crippen LogP contribution in [-0.4, -0.2) is 35.5 Å². The fourth-order valence-electron chi connectivity index (χ4n) is 2.73. The van der Waals surface area contributed by atoms with Gasteiger partial charge in [-0.05, 0) is 24.5 Å². The number of benzene rings is 1. The SMILES string of the molecule is O=C(N[C@@H]1CCSc2c(F)cccc21)[C@H]1C[C@@H](O)CN1. The van der Waals surface area contributed by atoms with Crippen LogP contribution in [0.25, 0.3) is 0 Å². The van der Waals surface area contributed by atoms with Crippen LogP contribution in [-0.2, 0) is 4.79 Å². The standard InChI is InChI=1S/C14H17FN2O2S/c15-10-3-1-2-9-11(4-5-20-13(9)10)17-14(19)12-6-8(18)7-16-12/h1-3,8,11-12,16,18H,4-7H2,(H,17,19)/t8-,11-,12-/m1/s1. The van der Waals surface area contributed by atoms with Gasteiger partial charge >= 0.3 is 0 Å². The van der Waals surface area contributed by atoms with Crippen molar-refractivity contribution in [1.29, 1.82) is 0 Å². The van der Waals surface area contributed by atoms with E-state index in [9.17, 15) is 14.3 Å². The molecule has 0 radical (unpaired) electrons. The van der Waals surface area contributed by atoms with E-state index in [1.807, 2.05) is 6.07 Å². The Bertz CT molecular complexity index is 526. The van der Waals surface area contributed by atoms with Crippen molar-refractivity contribution in [2.75, 3.05) is 12.3 Å². The Morgan fingerprint density at radius 1 is 1.50 bits per heavy atom. The zero-order chi connectivity index (χ0) is 14.1. The number of aliphatic hydroxyl groups is 1. The summed E-state index contributed by atoms with van der Waals surface area (Å²) in [7, 11) is 0. The molecule has 2 aliphatic heterocycles. The first-order chi connectivity index (χ1) is 9.65. The molecule has 108 valence electrons. The molecule has 1 aromatic carbocycles. The molecule has 20 heavy (non-hydrogen) atoms. The maximum Gasteiger partial charge on any atom is 0.237 e. The maximum absolute atomic E-state index is 13.8. The molecule has 4 nitrogen and oxygen atoms in total. The lowest BCUT2D eigenvalue weighted by Gasteiger charge is -2.27. The number of rotatable bonds is 2. The molecule has 1 saturated heterocycles. The van der Waals surface area contributed by atoms with Crippen molar-refractivity contribution in [3.63, 3.8) is 0 Å². The summed E-state index contributed by atoms with van der Waals surface area (Å²) < 4.78 is 13.8. The minimum Gasteiger partial charge on any atom is -0.392 e. The van der Waals surface area contributed by atoms with Crippen LogP contribution >= 0.6 is 11.8 Å². The number of carbonyl (C=O) groups is 1. The minimum atomic E-state index is -0.461. The monoisotopic (exact) mass is 296 g/mol. The Kier molecular flexibility index (Phi) is 3.96. The van der Waals surface area contributed by atoms with E-state index in [4.69, 9.17) is 0 Å². The number of aliphatic hydroxyl groups excluding tert-OH is 1. The molecule has 0 saturated carbocycles. The summed E-state index contributed by atoms with van der Waals surface area (Å²) >= 11 is 1.50. The normalized spacial score (nSPS) is 29.0. The fourth-order valence-corrected chi connectivity index (χ4v) is 3.87. The van der Waals surface area contributed by atoms with Crippen LogP contribution in [0.1, 0.15) is 24.4 Å². The minimum absolute atomic E-state index is 0.117. The predicted molar refractivity (Wildman–Crippen MR) is 75.0 cm³/mol. The number of hydrogen-bond donors (Lipinski definition) is 3. The van der Waals surface area contributed by atoms with Crippen molar-refractivity contribution >= 4 is 17.7 Å². The average Bonchev–Trinajstić information content (AvgIpc) is 2.87. The van der Waals surface area contributed by atoms with E-state index in [1.54, 1.807) is 6.07 Å². The average molecular weight is 296 g/mol. The summed E-state index contributed by atoms with van der Waals surface area (Å²) in [5.74, 6) is 0.453. The van der Waals surface area contributed by atoms with Gasteiger partial charge in [0.1, 0.15) is 5.82 Å². The van der Waals surface area contributed by atoms with E-state index in [0.29, 0.717) is 17.9 Å². The van der Waals surface area contributed by atoms with Crippen molar-refractivity contribution in [3.8, 4) is 0 Å². The van der Waals surface area contributed by atoms with Crippen molar-refractivity contribution in [1.82, 2.24) is 10.6 Å². The molecular formula is C14H17FN2O2S. The third-order valence-electron chi connectivity index (χ3n) is 3.77. The van der Waals surface area contributed by atoms with Gasteiger partial charge in [0.05, 0.1) is 18.2 Å². The van der Waals surface area contributed by atoms with E-state index in [-0.39, 0.29) is 23.8 Å². The Morgan fingerprint density at radius 3 is 3.10 bits per heavy atom. The number of thioether (sulfide) groups is 1. The first-order valence-electron chi connectivity index (χ1n) is 6.78. The number of β-amino-alcohol motifs (C(OH)–C–C–N with tert-alkyl or cyclic N) is 1. The summed E-state index contributed by atoms with van der Waals surface area (Å²) in [4.78, 5) is 12.8. The van der Waals surface area contributed by atoms with Crippen molar-refractivity contribution in [2.24, 2.45) is 0 Å². The number of fused-ring (bicyclic) bond motifs is 1. The molecule has 3 N–H and O–H groups in total. The Balaban J connectivity index is 1.73. The molecule has 6 heteroatoms. The van der Waals surface area contributed by atoms with Gasteiger partial charge in [-0.25, -0.2) is 4.39 Å². The molecule has 0 aliphatic carbocycles. The third-order valence-corrected chi connectivity index (χ3v) is 4.93. The van der Waals surface area contributed by atoms with Crippen molar-refractivity contribution in [3.05, 3.63) is 29.6 Å². The van der Waals surface area contributed by atoms with E-state index in [1.165, 1.54) is 17.8 Å². The molecule has 0 bridgehead atoms. The Morgan fingerprint density at radius 2 is 2.35 bits per heavy atom. The molecule has 3 rings (SSSR count). The smallest absolute Gasteiger partial charge is 0.237 e. The zero-order valence-electron chi connectivity index (χ0n) is 10.9. The van der Waals surface area contributed by atoms with Gasteiger partial charge in [0.2, 0.25) is 5.91 Å². The summed E-state index contributed by atoms with van der Waals surface area (Å²) in [6, 6.07) is 4.50. The quantitative estimate of drug-likeness (QED) is 0.767. The van der Waals surface area contributed by atoms with E-state index in [2.05, 4.69) is 10.6 Å². The second-order valence-electron chi connectivity index (χ2n) is 5.21. The van der Waals surface area contributed by atoms with Crippen LogP contribution in [0.5, 0.6) is 0 Å². The van der Waals surface area contributed by atoms with E-state index < -0.39 is 6.10 Å². The van der Waals surface area contributed by atoms with Crippen LogP contribution in [0.4, 0.5) is 4.39 Å². The number of halogens is 1. The lowest BCUT2D eigenvalue weighted by Crippen LogP contribution is -2.42. The summed E-state index contributed by atoms with van der Waals surface area (Å²) in [5.41, 5.74) is 0.855. The number of amides is 1. The highest BCUT2D eigenvalue weighted by Gasteiger charge is 2.31. The molecular weight excluding hydrogens is 279 g/mol. The molecule has 0 aromatic heterocycles. The second-order valence-corrected chi connectivity index (χ2v) is 6.31. The first kappa shape index (κ1) is 13.9. The molecule has 2 heterocycles. The molecule has 0 spiro atoms. The van der Waals surface area contributed by atoms with Gasteiger partial charge in [-0.1, -0.05) is 12.1 Å². The lowest BCUT2D eigenvalue weighted by molar-refractivity contribution is -0.123.